The molecule has 1 aliphatic rings. The normalized spacial score (nSPS) is 21.0. The van der Waals surface area contributed by atoms with Gasteiger partial charge >= 0.3 is 5.97 Å². The van der Waals surface area contributed by atoms with Gasteiger partial charge in [0.05, 0.1) is 12.6 Å². The van der Waals surface area contributed by atoms with Gasteiger partial charge in [-0.05, 0) is 31.2 Å². The smallest absolute Gasteiger partial charge is 0.326 e. The van der Waals surface area contributed by atoms with E-state index in [1.807, 2.05) is 0 Å². The predicted molar refractivity (Wildman–Crippen MR) is 87.2 cm³/mol. The zero-order valence-electron chi connectivity index (χ0n) is 13.1. The van der Waals surface area contributed by atoms with Gasteiger partial charge < -0.3 is 15.2 Å². The molecule has 0 bridgehead atoms. The van der Waals surface area contributed by atoms with Crippen LogP contribution in [0, 0.1) is 5.92 Å². The maximum absolute atomic E-state index is 12.2. The lowest BCUT2D eigenvalue weighted by atomic mass is 9.93. The van der Waals surface area contributed by atoms with Gasteiger partial charge in [0, 0.05) is 12.5 Å². The van der Waals surface area contributed by atoms with E-state index in [-0.39, 0.29) is 16.7 Å². The second-order valence-electron chi connectivity index (χ2n) is 5.58. The maximum Gasteiger partial charge on any atom is 0.326 e. The topological polar surface area (TPSA) is 122 Å². The number of hydrogen-bond donors (Lipinski definition) is 3. The third kappa shape index (κ3) is 4.76. The molecule has 0 radical (unpaired) electrons. The molecule has 24 heavy (non-hydrogen) atoms. The van der Waals surface area contributed by atoms with Crippen molar-refractivity contribution in [3.63, 3.8) is 0 Å². The summed E-state index contributed by atoms with van der Waals surface area (Å²) >= 11 is 1.03. The van der Waals surface area contributed by atoms with Crippen molar-refractivity contribution in [1.29, 1.82) is 0 Å². The molecule has 1 aliphatic heterocycles. The van der Waals surface area contributed by atoms with Crippen molar-refractivity contribution < 1.29 is 27.9 Å². The molecule has 0 saturated carbocycles. The fourth-order valence-electron chi connectivity index (χ4n) is 2.45. The number of thiophene rings is 1. The lowest BCUT2D eigenvalue weighted by Gasteiger charge is -2.28. The summed E-state index contributed by atoms with van der Waals surface area (Å²) in [6, 6.07) is 0.819. The van der Waals surface area contributed by atoms with Crippen LogP contribution in [-0.4, -0.2) is 50.7 Å². The minimum atomic E-state index is -3.81. The van der Waals surface area contributed by atoms with Crippen molar-refractivity contribution in [1.82, 2.24) is 10.0 Å². The number of nitrogens with one attached hydrogen (secondary N) is 2. The second-order valence-corrected chi connectivity index (χ2v) is 8.47. The zero-order valence-corrected chi connectivity index (χ0v) is 14.7. The highest BCUT2D eigenvalue weighted by Gasteiger charge is 2.33. The zero-order chi connectivity index (χ0) is 17.7. The van der Waals surface area contributed by atoms with Crippen LogP contribution in [0.3, 0.4) is 0 Å². The number of carbonyl (C=O) groups excluding carboxylic acids is 1. The molecule has 0 spiro atoms. The molecule has 1 amide bonds. The number of rotatable bonds is 7. The molecule has 2 rings (SSSR count). The third-order valence-corrected chi connectivity index (χ3v) is 6.65. The Morgan fingerprint density at radius 3 is 2.75 bits per heavy atom. The van der Waals surface area contributed by atoms with Gasteiger partial charge in [-0.1, -0.05) is 6.07 Å². The van der Waals surface area contributed by atoms with E-state index < -0.39 is 34.0 Å². The quantitative estimate of drug-likeness (QED) is 0.634. The number of carboxylic acid groups (broad SMARTS) is 1. The maximum atomic E-state index is 12.2. The van der Waals surface area contributed by atoms with Crippen molar-refractivity contribution in [2.75, 3.05) is 13.2 Å². The molecular weight excluding hydrogens is 356 g/mol. The molecule has 2 heterocycles. The molecule has 1 saturated heterocycles. The third-order valence-electron chi connectivity index (χ3n) is 3.72. The van der Waals surface area contributed by atoms with Gasteiger partial charge in [0.15, 0.2) is 0 Å². The van der Waals surface area contributed by atoms with Crippen molar-refractivity contribution in [2.24, 2.45) is 5.92 Å². The van der Waals surface area contributed by atoms with Gasteiger partial charge in [0.2, 0.25) is 5.91 Å². The first-order chi connectivity index (χ1) is 11.3. The summed E-state index contributed by atoms with van der Waals surface area (Å²) in [7, 11) is -3.81. The minimum Gasteiger partial charge on any atom is -0.480 e. The number of hydrogen-bond acceptors (Lipinski definition) is 6. The first-order valence-electron chi connectivity index (χ1n) is 7.48. The summed E-state index contributed by atoms with van der Waals surface area (Å²) in [6.45, 7) is 2.21. The standard InChI is InChI=1S/C14H20N2O6S2/c1-9(16-24(20,21)11-5-3-7-23-11)13(17)15-12(14(18)19)10-4-2-6-22-8-10/h3,5,7,9-10,12,16H,2,4,6,8H2,1H3,(H,15,17)(H,18,19). The average Bonchev–Trinajstić information content (AvgIpc) is 3.07. The molecule has 10 heteroatoms. The van der Waals surface area contributed by atoms with E-state index in [0.29, 0.717) is 13.0 Å². The number of carbonyl (C=O) groups is 2. The average molecular weight is 376 g/mol. The molecule has 0 aromatic carbocycles. The second kappa shape index (κ2) is 8.06. The summed E-state index contributed by atoms with van der Waals surface area (Å²) in [4.78, 5) is 23.6. The van der Waals surface area contributed by atoms with Gasteiger partial charge in [-0.15, -0.1) is 11.3 Å². The van der Waals surface area contributed by atoms with Crippen LogP contribution in [0.5, 0.6) is 0 Å². The van der Waals surface area contributed by atoms with Crippen LogP contribution < -0.4 is 10.0 Å². The number of amides is 1. The van der Waals surface area contributed by atoms with Gasteiger partial charge in [0.1, 0.15) is 10.3 Å². The summed E-state index contributed by atoms with van der Waals surface area (Å²) < 4.78 is 31.8. The molecule has 0 aliphatic carbocycles. The molecule has 1 aromatic heterocycles. The molecule has 3 unspecified atom stereocenters. The number of ether oxygens (including phenoxy) is 1. The van der Waals surface area contributed by atoms with Gasteiger partial charge in [-0.25, -0.2) is 13.2 Å². The SMILES string of the molecule is CC(NS(=O)(=O)c1cccs1)C(=O)NC(C(=O)O)C1CCCOC1. The summed E-state index contributed by atoms with van der Waals surface area (Å²) in [5.41, 5.74) is 0. The summed E-state index contributed by atoms with van der Waals surface area (Å²) in [6.07, 6.45) is 1.36. The molecule has 8 nitrogen and oxygen atoms in total. The van der Waals surface area contributed by atoms with E-state index in [1.165, 1.54) is 13.0 Å². The van der Waals surface area contributed by atoms with Crippen molar-refractivity contribution in [2.45, 2.75) is 36.1 Å². The molecule has 3 N–H and O–H groups in total. The van der Waals surface area contributed by atoms with Gasteiger partial charge in [-0.3, -0.25) is 4.79 Å². The highest BCUT2D eigenvalue weighted by molar-refractivity contribution is 7.91. The van der Waals surface area contributed by atoms with E-state index in [4.69, 9.17) is 4.74 Å². The van der Waals surface area contributed by atoms with E-state index in [0.717, 1.165) is 17.8 Å². The summed E-state index contributed by atoms with van der Waals surface area (Å²) in [5, 5.41) is 13.4. The first-order valence-corrected chi connectivity index (χ1v) is 9.84. The van der Waals surface area contributed by atoms with Crippen molar-refractivity contribution in [3.05, 3.63) is 17.5 Å². The number of carboxylic acids is 1. The Hall–Kier alpha value is -1.49. The fourth-order valence-corrected chi connectivity index (χ4v) is 4.66. The van der Waals surface area contributed by atoms with Crippen molar-refractivity contribution in [3.8, 4) is 0 Å². The molecular formula is C14H20N2O6S2. The van der Waals surface area contributed by atoms with Crippen LogP contribution in [-0.2, 0) is 24.3 Å². The Labute approximate surface area is 144 Å². The van der Waals surface area contributed by atoms with E-state index in [9.17, 15) is 23.1 Å². The van der Waals surface area contributed by atoms with Crippen LogP contribution in [0.25, 0.3) is 0 Å². The van der Waals surface area contributed by atoms with Crippen LogP contribution >= 0.6 is 11.3 Å². The van der Waals surface area contributed by atoms with E-state index in [1.54, 1.807) is 11.4 Å². The highest BCUT2D eigenvalue weighted by atomic mass is 32.2. The Kier molecular flexibility index (Phi) is 6.33. The van der Waals surface area contributed by atoms with Crippen LogP contribution in [0.1, 0.15) is 19.8 Å². The van der Waals surface area contributed by atoms with Crippen LogP contribution in [0.4, 0.5) is 0 Å². The Morgan fingerprint density at radius 2 is 2.21 bits per heavy atom. The predicted octanol–water partition coefficient (Wildman–Crippen LogP) is 0.411. The largest absolute Gasteiger partial charge is 0.480 e. The van der Waals surface area contributed by atoms with Crippen LogP contribution in [0.15, 0.2) is 21.7 Å². The molecule has 1 aromatic rings. The lowest BCUT2D eigenvalue weighted by Crippen LogP contribution is -2.53. The van der Waals surface area contributed by atoms with E-state index >= 15 is 0 Å². The van der Waals surface area contributed by atoms with Gasteiger partial charge in [0.25, 0.3) is 10.0 Å². The number of sulfonamides is 1. The molecule has 3 atom stereocenters. The summed E-state index contributed by atoms with van der Waals surface area (Å²) in [5.74, 6) is -2.18. The molecule has 1 fully saturated rings. The van der Waals surface area contributed by atoms with E-state index in [2.05, 4.69) is 10.0 Å². The lowest BCUT2D eigenvalue weighted by molar-refractivity contribution is -0.145. The minimum absolute atomic E-state index is 0.0950. The highest BCUT2D eigenvalue weighted by Crippen LogP contribution is 2.18. The molecule has 134 valence electrons. The van der Waals surface area contributed by atoms with Crippen molar-refractivity contribution >= 4 is 33.2 Å². The van der Waals surface area contributed by atoms with Crippen LogP contribution in [0.2, 0.25) is 0 Å². The van der Waals surface area contributed by atoms with Gasteiger partial charge in [-0.2, -0.15) is 4.72 Å². The Balaban J connectivity index is 2.00. The fraction of sp³-hybridized carbons (Fsp3) is 0.571. The first kappa shape index (κ1) is 18.8. The Bertz CT molecular complexity index is 667. The monoisotopic (exact) mass is 376 g/mol. The Morgan fingerprint density at radius 1 is 1.46 bits per heavy atom. The number of aliphatic carboxylic acids is 1.